The van der Waals surface area contributed by atoms with Gasteiger partial charge in [0.25, 0.3) is 0 Å². The minimum Gasteiger partial charge on any atom is -0.383 e. The Hall–Kier alpha value is -1.66. The molecule has 1 aromatic heterocycles. The first-order valence-corrected chi connectivity index (χ1v) is 4.99. The minimum atomic E-state index is -0.478. The highest BCUT2D eigenvalue weighted by Gasteiger charge is 2.29. The average Bonchev–Trinajstić information content (AvgIpc) is 2.60. The summed E-state index contributed by atoms with van der Waals surface area (Å²) in [5.41, 5.74) is 11.3. The molecule has 0 aliphatic carbocycles. The maximum absolute atomic E-state index is 11.6. The number of nitrogens with zero attached hydrogens (tertiary/aromatic N) is 2. The summed E-state index contributed by atoms with van der Waals surface area (Å²) in [4.78, 5) is 15.2. The molecule has 0 amide bonds. The molecule has 1 aliphatic rings. The Morgan fingerprint density at radius 2 is 2.44 bits per heavy atom. The number of aromatic nitrogens is 2. The Morgan fingerprint density at radius 1 is 1.69 bits per heavy atom. The van der Waals surface area contributed by atoms with Crippen molar-refractivity contribution in [1.82, 2.24) is 9.55 Å². The fourth-order valence-corrected chi connectivity index (χ4v) is 1.73. The van der Waals surface area contributed by atoms with Gasteiger partial charge in [0.2, 0.25) is 0 Å². The summed E-state index contributed by atoms with van der Waals surface area (Å²) in [6.07, 6.45) is 1.66. The molecule has 86 valence electrons. The van der Waals surface area contributed by atoms with Gasteiger partial charge in [-0.3, -0.25) is 4.57 Å². The maximum atomic E-state index is 11.6. The lowest BCUT2D eigenvalue weighted by molar-refractivity contribution is 0.0148. The smallest absolute Gasteiger partial charge is 0.351 e. The SMILES string of the molecule is C=C1C[C@@H](CN)O[C@H]1n1ccc(N)nc1=O. The van der Waals surface area contributed by atoms with E-state index in [1.54, 1.807) is 12.3 Å². The van der Waals surface area contributed by atoms with Crippen molar-refractivity contribution < 1.29 is 4.74 Å². The lowest BCUT2D eigenvalue weighted by atomic mass is 10.1. The molecular formula is C10H14N4O2. The Kier molecular flexibility index (Phi) is 2.76. The van der Waals surface area contributed by atoms with Crippen molar-refractivity contribution in [3.8, 4) is 0 Å². The van der Waals surface area contributed by atoms with Crippen molar-refractivity contribution in [2.45, 2.75) is 18.8 Å². The van der Waals surface area contributed by atoms with Gasteiger partial charge in [-0.2, -0.15) is 4.98 Å². The maximum Gasteiger partial charge on any atom is 0.351 e. The molecule has 1 aliphatic heterocycles. The third-order valence-corrected chi connectivity index (χ3v) is 2.53. The summed E-state index contributed by atoms with van der Waals surface area (Å²) in [6.45, 7) is 4.28. The van der Waals surface area contributed by atoms with Crippen LogP contribution in [0.3, 0.4) is 0 Å². The van der Waals surface area contributed by atoms with Crippen LogP contribution >= 0.6 is 0 Å². The van der Waals surface area contributed by atoms with Crippen LogP contribution in [0.15, 0.2) is 29.2 Å². The van der Waals surface area contributed by atoms with Crippen LogP contribution in [0.2, 0.25) is 0 Å². The molecule has 1 saturated heterocycles. The number of hydrogen-bond donors (Lipinski definition) is 2. The predicted octanol–water partition coefficient (Wildman–Crippen LogP) is -0.372. The van der Waals surface area contributed by atoms with E-state index in [1.807, 2.05) is 0 Å². The molecule has 0 unspecified atom stereocenters. The molecule has 6 nitrogen and oxygen atoms in total. The second-order valence-electron chi connectivity index (χ2n) is 3.75. The van der Waals surface area contributed by atoms with E-state index in [0.29, 0.717) is 13.0 Å². The molecule has 6 heteroatoms. The Bertz CT molecular complexity index is 468. The van der Waals surface area contributed by atoms with Crippen LogP contribution in [0.25, 0.3) is 0 Å². The number of hydrogen-bond acceptors (Lipinski definition) is 5. The van der Waals surface area contributed by atoms with Crippen LogP contribution in [0, 0.1) is 0 Å². The lowest BCUT2D eigenvalue weighted by Gasteiger charge is -2.15. The third-order valence-electron chi connectivity index (χ3n) is 2.53. The Balaban J connectivity index is 2.31. The van der Waals surface area contributed by atoms with E-state index in [-0.39, 0.29) is 11.9 Å². The molecular weight excluding hydrogens is 208 g/mol. The highest BCUT2D eigenvalue weighted by molar-refractivity contribution is 5.24. The molecule has 2 atom stereocenters. The van der Waals surface area contributed by atoms with Crippen molar-refractivity contribution in [3.05, 3.63) is 34.9 Å². The number of nitrogen functional groups attached to an aromatic ring is 1. The molecule has 0 aromatic carbocycles. The van der Waals surface area contributed by atoms with Gasteiger partial charge in [-0.15, -0.1) is 0 Å². The summed E-state index contributed by atoms with van der Waals surface area (Å²) in [5, 5.41) is 0. The van der Waals surface area contributed by atoms with Gasteiger partial charge >= 0.3 is 5.69 Å². The van der Waals surface area contributed by atoms with Crippen molar-refractivity contribution >= 4 is 5.82 Å². The molecule has 4 N–H and O–H groups in total. The van der Waals surface area contributed by atoms with E-state index in [4.69, 9.17) is 16.2 Å². The zero-order valence-corrected chi connectivity index (χ0v) is 8.80. The Morgan fingerprint density at radius 3 is 3.00 bits per heavy atom. The van der Waals surface area contributed by atoms with Gasteiger partial charge in [0.15, 0.2) is 6.23 Å². The highest BCUT2D eigenvalue weighted by Crippen LogP contribution is 2.30. The molecule has 16 heavy (non-hydrogen) atoms. The first kappa shape index (κ1) is 10.8. The van der Waals surface area contributed by atoms with E-state index in [9.17, 15) is 4.79 Å². The van der Waals surface area contributed by atoms with E-state index in [2.05, 4.69) is 11.6 Å². The van der Waals surface area contributed by atoms with E-state index < -0.39 is 11.9 Å². The van der Waals surface area contributed by atoms with Crippen molar-refractivity contribution in [3.63, 3.8) is 0 Å². The normalized spacial score (nSPS) is 24.9. The van der Waals surface area contributed by atoms with Gasteiger partial charge in [0, 0.05) is 19.2 Å². The monoisotopic (exact) mass is 222 g/mol. The molecule has 0 saturated carbocycles. The van der Waals surface area contributed by atoms with Crippen LogP contribution < -0.4 is 17.2 Å². The number of anilines is 1. The number of ether oxygens (including phenoxy) is 1. The molecule has 2 rings (SSSR count). The predicted molar refractivity (Wildman–Crippen MR) is 59.6 cm³/mol. The van der Waals surface area contributed by atoms with Gasteiger partial charge in [-0.1, -0.05) is 6.58 Å². The standard InChI is InChI=1S/C10H14N4O2/c1-6-4-7(5-11)16-9(6)14-3-2-8(12)13-10(14)15/h2-3,7,9H,1,4-5,11H2,(H2,12,13,15)/t7-,9+/m0/s1. The van der Waals surface area contributed by atoms with E-state index in [1.165, 1.54) is 4.57 Å². The van der Waals surface area contributed by atoms with Crippen LogP contribution in [0.1, 0.15) is 12.6 Å². The first-order valence-electron chi connectivity index (χ1n) is 4.99. The lowest BCUT2D eigenvalue weighted by Crippen LogP contribution is -2.28. The second-order valence-corrected chi connectivity index (χ2v) is 3.75. The average molecular weight is 222 g/mol. The molecule has 0 radical (unpaired) electrons. The fourth-order valence-electron chi connectivity index (χ4n) is 1.73. The zero-order valence-electron chi connectivity index (χ0n) is 8.80. The summed E-state index contributed by atoms with van der Waals surface area (Å²) in [7, 11) is 0. The second kappa shape index (κ2) is 4.07. The summed E-state index contributed by atoms with van der Waals surface area (Å²) < 4.78 is 6.96. The topological polar surface area (TPSA) is 96.2 Å². The van der Waals surface area contributed by atoms with Crippen LogP contribution in [0.4, 0.5) is 5.82 Å². The largest absolute Gasteiger partial charge is 0.383 e. The van der Waals surface area contributed by atoms with Crippen LogP contribution in [-0.2, 0) is 4.74 Å². The van der Waals surface area contributed by atoms with E-state index in [0.717, 1.165) is 5.57 Å². The summed E-state index contributed by atoms with van der Waals surface area (Å²) in [5.74, 6) is 0.195. The van der Waals surface area contributed by atoms with Gasteiger partial charge in [-0.05, 0) is 11.6 Å². The molecule has 0 spiro atoms. The molecule has 2 heterocycles. The van der Waals surface area contributed by atoms with Gasteiger partial charge in [0.05, 0.1) is 6.10 Å². The van der Waals surface area contributed by atoms with Crippen molar-refractivity contribution in [2.75, 3.05) is 12.3 Å². The first-order chi connectivity index (χ1) is 7.61. The summed E-state index contributed by atoms with van der Waals surface area (Å²) in [6, 6.07) is 1.55. The Labute approximate surface area is 92.5 Å². The van der Waals surface area contributed by atoms with Gasteiger partial charge in [-0.25, -0.2) is 4.79 Å². The molecule has 1 fully saturated rings. The van der Waals surface area contributed by atoms with Gasteiger partial charge in [0.1, 0.15) is 5.82 Å². The fraction of sp³-hybridized carbons (Fsp3) is 0.400. The number of rotatable bonds is 2. The summed E-state index contributed by atoms with van der Waals surface area (Å²) >= 11 is 0. The molecule has 1 aromatic rings. The molecule has 0 bridgehead atoms. The quantitative estimate of drug-likeness (QED) is 0.665. The highest BCUT2D eigenvalue weighted by atomic mass is 16.5. The number of nitrogens with two attached hydrogens (primary N) is 2. The van der Waals surface area contributed by atoms with Crippen LogP contribution in [-0.4, -0.2) is 22.2 Å². The van der Waals surface area contributed by atoms with Gasteiger partial charge < -0.3 is 16.2 Å². The zero-order chi connectivity index (χ0) is 11.7. The third kappa shape index (κ3) is 1.84. The van der Waals surface area contributed by atoms with Crippen LogP contribution in [0.5, 0.6) is 0 Å². The van der Waals surface area contributed by atoms with Crippen molar-refractivity contribution in [1.29, 1.82) is 0 Å². The van der Waals surface area contributed by atoms with Crippen molar-refractivity contribution in [2.24, 2.45) is 5.73 Å². The van der Waals surface area contributed by atoms with E-state index >= 15 is 0 Å². The minimum absolute atomic E-state index is 0.0815.